The Balaban J connectivity index is 2.43. The number of halogens is 3. The maximum Gasteiger partial charge on any atom is 0.244 e. The molecular weight excluding hydrogens is 341 g/mol. The van der Waals surface area contributed by atoms with Crippen LogP contribution in [0.25, 0.3) is 0 Å². The summed E-state index contributed by atoms with van der Waals surface area (Å²) in [7, 11) is -3.64. The summed E-state index contributed by atoms with van der Waals surface area (Å²) in [6, 6.07) is 2.87. The summed E-state index contributed by atoms with van der Waals surface area (Å²) >= 11 is 17.8. The molecule has 1 heterocycles. The van der Waals surface area contributed by atoms with Crippen LogP contribution in [0.1, 0.15) is 20.3 Å². The van der Waals surface area contributed by atoms with Crippen LogP contribution in [-0.2, 0) is 10.0 Å². The number of benzene rings is 1. The number of rotatable bonds is 2. The maximum absolute atomic E-state index is 12.7. The second-order valence-corrected chi connectivity index (χ2v) is 8.51. The monoisotopic (exact) mass is 355 g/mol. The number of nitrogens with zero attached hydrogens (tertiary/aromatic N) is 1. The normalized spacial score (nSPS) is 24.9. The van der Waals surface area contributed by atoms with Crippen molar-refractivity contribution in [3.8, 4) is 0 Å². The highest BCUT2D eigenvalue weighted by Gasteiger charge is 2.33. The molecule has 1 aromatic rings. The molecule has 0 spiro atoms. The van der Waals surface area contributed by atoms with Gasteiger partial charge in [-0.05, 0) is 30.4 Å². The quantitative estimate of drug-likeness (QED) is 0.740. The lowest BCUT2D eigenvalue weighted by atomic mass is 9.94. The van der Waals surface area contributed by atoms with Crippen LogP contribution in [0.4, 0.5) is 0 Å². The summed E-state index contributed by atoms with van der Waals surface area (Å²) in [6.45, 7) is 5.11. The van der Waals surface area contributed by atoms with Crippen molar-refractivity contribution in [2.24, 2.45) is 11.8 Å². The molecule has 0 aromatic heterocycles. The Kier molecular flexibility index (Phi) is 4.92. The molecule has 7 heteroatoms. The Bertz CT molecular complexity index is 608. The molecule has 0 aliphatic carbocycles. The highest BCUT2D eigenvalue weighted by Crippen LogP contribution is 2.37. The molecule has 2 unspecified atom stereocenters. The van der Waals surface area contributed by atoms with Gasteiger partial charge < -0.3 is 0 Å². The van der Waals surface area contributed by atoms with Gasteiger partial charge in [0.2, 0.25) is 10.0 Å². The first-order chi connectivity index (χ1) is 9.23. The van der Waals surface area contributed by atoms with Crippen LogP contribution >= 0.6 is 34.8 Å². The molecule has 0 amide bonds. The van der Waals surface area contributed by atoms with Crippen molar-refractivity contribution >= 4 is 44.8 Å². The van der Waals surface area contributed by atoms with E-state index in [1.807, 2.05) is 0 Å². The molecule has 0 bridgehead atoms. The highest BCUT2D eigenvalue weighted by molar-refractivity contribution is 7.89. The van der Waals surface area contributed by atoms with E-state index in [1.165, 1.54) is 16.4 Å². The Morgan fingerprint density at radius 1 is 1.05 bits per heavy atom. The average molecular weight is 357 g/mol. The van der Waals surface area contributed by atoms with E-state index in [9.17, 15) is 8.42 Å². The Morgan fingerprint density at radius 3 is 2.15 bits per heavy atom. The van der Waals surface area contributed by atoms with E-state index in [-0.39, 0.29) is 20.0 Å². The number of hydrogen-bond donors (Lipinski definition) is 0. The van der Waals surface area contributed by atoms with Crippen LogP contribution in [0.2, 0.25) is 15.1 Å². The molecule has 0 N–H and O–H groups in total. The molecule has 112 valence electrons. The zero-order valence-electron chi connectivity index (χ0n) is 11.2. The van der Waals surface area contributed by atoms with Crippen LogP contribution in [0.15, 0.2) is 17.0 Å². The van der Waals surface area contributed by atoms with Gasteiger partial charge in [-0.3, -0.25) is 0 Å². The summed E-state index contributed by atoms with van der Waals surface area (Å²) in [5, 5.41) is 0.313. The van der Waals surface area contributed by atoms with E-state index in [0.717, 1.165) is 6.42 Å². The van der Waals surface area contributed by atoms with Crippen molar-refractivity contribution in [1.29, 1.82) is 0 Å². The minimum atomic E-state index is -3.64. The maximum atomic E-state index is 12.7. The summed E-state index contributed by atoms with van der Waals surface area (Å²) < 4.78 is 26.9. The predicted octanol–water partition coefficient (Wildman–Crippen LogP) is 4.31. The van der Waals surface area contributed by atoms with E-state index in [1.54, 1.807) is 0 Å². The SMILES string of the molecule is CC1CC(C)CN(S(=O)(=O)c2ccc(Cl)c(Cl)c2Cl)C1. The molecule has 20 heavy (non-hydrogen) atoms. The third-order valence-electron chi connectivity index (χ3n) is 3.45. The van der Waals surface area contributed by atoms with Crippen molar-refractivity contribution in [3.05, 3.63) is 27.2 Å². The van der Waals surface area contributed by atoms with Gasteiger partial charge in [0.1, 0.15) is 4.90 Å². The van der Waals surface area contributed by atoms with E-state index >= 15 is 0 Å². The van der Waals surface area contributed by atoms with Crippen molar-refractivity contribution < 1.29 is 8.42 Å². The van der Waals surface area contributed by atoms with Gasteiger partial charge in [0.05, 0.1) is 15.1 Å². The summed E-state index contributed by atoms with van der Waals surface area (Å²) in [4.78, 5) is 0.0230. The first kappa shape index (κ1) is 16.4. The minimum absolute atomic E-state index is 0.00922. The first-order valence-electron chi connectivity index (χ1n) is 6.37. The second kappa shape index (κ2) is 6.01. The lowest BCUT2D eigenvalue weighted by molar-refractivity contribution is 0.222. The van der Waals surface area contributed by atoms with Crippen LogP contribution in [0, 0.1) is 11.8 Å². The summed E-state index contributed by atoms with van der Waals surface area (Å²) in [6.07, 6.45) is 1.03. The molecule has 1 fully saturated rings. The number of hydrogen-bond acceptors (Lipinski definition) is 2. The fourth-order valence-corrected chi connectivity index (χ4v) is 5.28. The summed E-state index contributed by atoms with van der Waals surface area (Å²) in [5.41, 5.74) is 0. The fourth-order valence-electron chi connectivity index (χ4n) is 2.65. The molecule has 0 radical (unpaired) electrons. The smallest absolute Gasteiger partial charge is 0.207 e. The largest absolute Gasteiger partial charge is 0.244 e. The molecule has 1 saturated heterocycles. The molecule has 2 atom stereocenters. The van der Waals surface area contributed by atoms with Gasteiger partial charge in [0, 0.05) is 13.1 Å². The molecule has 1 aliphatic rings. The standard InChI is InChI=1S/C13H16Cl3NO2S/c1-8-5-9(2)7-17(6-8)20(18,19)11-4-3-10(14)12(15)13(11)16/h3-4,8-9H,5-7H2,1-2H3. The molecule has 3 nitrogen and oxygen atoms in total. The van der Waals surface area contributed by atoms with Crippen LogP contribution < -0.4 is 0 Å². The Hall–Kier alpha value is -0.000000000000000167. The minimum Gasteiger partial charge on any atom is -0.207 e. The van der Waals surface area contributed by atoms with Gasteiger partial charge in [0.15, 0.2) is 0 Å². The van der Waals surface area contributed by atoms with E-state index in [0.29, 0.717) is 24.9 Å². The Labute approximate surface area is 134 Å². The first-order valence-corrected chi connectivity index (χ1v) is 8.94. The van der Waals surface area contributed by atoms with E-state index in [2.05, 4.69) is 13.8 Å². The zero-order chi connectivity index (χ0) is 15.1. The molecule has 1 aromatic carbocycles. The van der Waals surface area contributed by atoms with Gasteiger partial charge in [-0.25, -0.2) is 8.42 Å². The van der Waals surface area contributed by atoms with Gasteiger partial charge in [-0.15, -0.1) is 0 Å². The average Bonchev–Trinajstić information content (AvgIpc) is 2.34. The fraction of sp³-hybridized carbons (Fsp3) is 0.538. The lowest BCUT2D eigenvalue weighted by Gasteiger charge is -2.34. The third-order valence-corrected chi connectivity index (χ3v) is 6.73. The van der Waals surface area contributed by atoms with Gasteiger partial charge in [-0.2, -0.15) is 4.31 Å². The zero-order valence-corrected chi connectivity index (χ0v) is 14.3. The van der Waals surface area contributed by atoms with Crippen LogP contribution in [-0.4, -0.2) is 25.8 Å². The highest BCUT2D eigenvalue weighted by atomic mass is 35.5. The molecule has 0 saturated carbocycles. The van der Waals surface area contributed by atoms with Crippen molar-refractivity contribution in [2.45, 2.75) is 25.2 Å². The van der Waals surface area contributed by atoms with Crippen molar-refractivity contribution in [1.82, 2.24) is 4.31 Å². The molecular formula is C13H16Cl3NO2S. The van der Waals surface area contributed by atoms with Crippen LogP contribution in [0.3, 0.4) is 0 Å². The van der Waals surface area contributed by atoms with Gasteiger partial charge in [0.25, 0.3) is 0 Å². The summed E-state index contributed by atoms with van der Waals surface area (Å²) in [5.74, 6) is 0.658. The number of sulfonamides is 1. The van der Waals surface area contributed by atoms with Crippen LogP contribution in [0.5, 0.6) is 0 Å². The third kappa shape index (κ3) is 3.09. The molecule has 1 aliphatic heterocycles. The predicted molar refractivity (Wildman–Crippen MR) is 83.2 cm³/mol. The lowest BCUT2D eigenvalue weighted by Crippen LogP contribution is -2.42. The van der Waals surface area contributed by atoms with Gasteiger partial charge >= 0.3 is 0 Å². The number of piperidine rings is 1. The second-order valence-electron chi connectivity index (χ2n) is 5.44. The van der Waals surface area contributed by atoms with E-state index < -0.39 is 10.0 Å². The van der Waals surface area contributed by atoms with Gasteiger partial charge in [-0.1, -0.05) is 48.7 Å². The van der Waals surface area contributed by atoms with Crippen molar-refractivity contribution in [3.63, 3.8) is 0 Å². The topological polar surface area (TPSA) is 37.4 Å². The van der Waals surface area contributed by atoms with Crippen molar-refractivity contribution in [2.75, 3.05) is 13.1 Å². The van der Waals surface area contributed by atoms with E-state index in [4.69, 9.17) is 34.8 Å². The molecule has 2 rings (SSSR count). The Morgan fingerprint density at radius 2 is 1.60 bits per heavy atom.